The molecule has 0 saturated heterocycles. The Labute approximate surface area is 112 Å². The highest BCUT2D eigenvalue weighted by Crippen LogP contribution is 2.14. The van der Waals surface area contributed by atoms with E-state index in [1.165, 1.54) is 23.5 Å². The van der Waals surface area contributed by atoms with Crippen LogP contribution in [0.15, 0.2) is 24.3 Å². The Morgan fingerprint density at radius 2 is 1.95 bits per heavy atom. The van der Waals surface area contributed by atoms with Crippen molar-refractivity contribution >= 4 is 16.3 Å². The summed E-state index contributed by atoms with van der Waals surface area (Å²) in [7, 11) is 0. The van der Waals surface area contributed by atoms with Crippen LogP contribution in [-0.2, 0) is 19.4 Å². The molecule has 0 unspecified atom stereocenters. The summed E-state index contributed by atoms with van der Waals surface area (Å²) < 4.78 is 14.5. The van der Waals surface area contributed by atoms with E-state index in [2.05, 4.69) is 15.3 Å². The highest BCUT2D eigenvalue weighted by atomic mass is 32.1. The minimum Gasteiger partial charge on any atom is -0.324 e. The second-order valence-electron chi connectivity index (χ2n) is 4.14. The third kappa shape index (κ3) is 2.47. The van der Waals surface area contributed by atoms with Crippen molar-refractivity contribution in [3.05, 3.63) is 46.5 Å². The SMILES string of the molecule is NCc1nn2c(CCc3ccc(F)cc3)nnc2s1. The summed E-state index contributed by atoms with van der Waals surface area (Å²) in [6, 6.07) is 6.48. The number of aromatic nitrogens is 4. The fourth-order valence-corrected chi connectivity index (χ4v) is 2.57. The Hall–Kier alpha value is -1.86. The van der Waals surface area contributed by atoms with Crippen molar-refractivity contribution in [2.75, 3.05) is 0 Å². The lowest BCUT2D eigenvalue weighted by atomic mass is 10.1. The molecule has 2 aromatic heterocycles. The van der Waals surface area contributed by atoms with Gasteiger partial charge >= 0.3 is 0 Å². The molecule has 0 atom stereocenters. The summed E-state index contributed by atoms with van der Waals surface area (Å²) in [5, 5.41) is 13.4. The van der Waals surface area contributed by atoms with Crippen LogP contribution in [0, 0.1) is 5.82 Å². The van der Waals surface area contributed by atoms with E-state index in [0.717, 1.165) is 27.8 Å². The molecule has 3 aromatic rings. The number of hydrogen-bond donors (Lipinski definition) is 1. The van der Waals surface area contributed by atoms with Crippen molar-refractivity contribution in [1.82, 2.24) is 19.8 Å². The van der Waals surface area contributed by atoms with Gasteiger partial charge < -0.3 is 5.73 Å². The molecule has 0 aliphatic heterocycles. The molecule has 5 nitrogen and oxygen atoms in total. The normalized spacial score (nSPS) is 11.3. The van der Waals surface area contributed by atoms with Crippen LogP contribution >= 0.6 is 11.3 Å². The molecule has 2 heterocycles. The first-order chi connectivity index (χ1) is 9.26. The van der Waals surface area contributed by atoms with Gasteiger partial charge in [-0.05, 0) is 24.1 Å². The third-order valence-corrected chi connectivity index (χ3v) is 3.74. The Balaban J connectivity index is 1.77. The smallest absolute Gasteiger partial charge is 0.234 e. The predicted molar refractivity (Wildman–Crippen MR) is 70.4 cm³/mol. The van der Waals surface area contributed by atoms with Gasteiger partial charge in [0.05, 0.1) is 0 Å². The molecular weight excluding hydrogens is 265 g/mol. The minimum absolute atomic E-state index is 0.222. The van der Waals surface area contributed by atoms with Crippen LogP contribution in [0.4, 0.5) is 4.39 Å². The van der Waals surface area contributed by atoms with Gasteiger partial charge in [-0.3, -0.25) is 0 Å². The molecule has 0 bridgehead atoms. The molecule has 0 amide bonds. The quantitative estimate of drug-likeness (QED) is 0.786. The Morgan fingerprint density at radius 3 is 2.68 bits per heavy atom. The zero-order valence-electron chi connectivity index (χ0n) is 10.1. The molecule has 98 valence electrons. The zero-order valence-corrected chi connectivity index (χ0v) is 10.9. The van der Waals surface area contributed by atoms with E-state index in [1.54, 1.807) is 16.6 Å². The van der Waals surface area contributed by atoms with Crippen LogP contribution in [0.1, 0.15) is 16.4 Å². The van der Waals surface area contributed by atoms with Gasteiger partial charge in [-0.1, -0.05) is 23.5 Å². The van der Waals surface area contributed by atoms with Gasteiger partial charge in [0.25, 0.3) is 0 Å². The predicted octanol–water partition coefficient (Wildman–Crippen LogP) is 1.57. The lowest BCUT2D eigenvalue weighted by molar-refractivity contribution is 0.626. The van der Waals surface area contributed by atoms with E-state index >= 15 is 0 Å². The summed E-state index contributed by atoms with van der Waals surface area (Å²) in [6.07, 6.45) is 1.48. The number of nitrogens with zero attached hydrogens (tertiary/aromatic N) is 4. The van der Waals surface area contributed by atoms with Crippen molar-refractivity contribution in [2.24, 2.45) is 5.73 Å². The van der Waals surface area contributed by atoms with Crippen molar-refractivity contribution in [1.29, 1.82) is 0 Å². The van der Waals surface area contributed by atoms with Crippen LogP contribution < -0.4 is 5.73 Å². The Morgan fingerprint density at radius 1 is 1.16 bits per heavy atom. The van der Waals surface area contributed by atoms with Gasteiger partial charge in [-0.25, -0.2) is 4.39 Å². The molecule has 0 saturated carbocycles. The largest absolute Gasteiger partial charge is 0.324 e. The summed E-state index contributed by atoms with van der Waals surface area (Å²) in [6.45, 7) is 0.408. The van der Waals surface area contributed by atoms with Crippen LogP contribution in [0.3, 0.4) is 0 Å². The molecule has 0 aliphatic rings. The van der Waals surface area contributed by atoms with E-state index in [1.807, 2.05) is 0 Å². The monoisotopic (exact) mass is 277 g/mol. The number of hydrogen-bond acceptors (Lipinski definition) is 5. The molecule has 0 fully saturated rings. The second-order valence-corrected chi connectivity index (χ2v) is 5.18. The van der Waals surface area contributed by atoms with E-state index in [-0.39, 0.29) is 5.82 Å². The number of benzene rings is 1. The standard InChI is InChI=1S/C12H12FN5S/c13-9-4-1-8(2-5-9)3-6-10-15-16-12-18(10)17-11(7-14)19-12/h1-2,4-5H,3,6-7,14H2. The van der Waals surface area contributed by atoms with Crippen LogP contribution in [0.25, 0.3) is 4.96 Å². The number of aryl methyl sites for hydroxylation is 2. The van der Waals surface area contributed by atoms with Gasteiger partial charge in [-0.15, -0.1) is 10.2 Å². The van der Waals surface area contributed by atoms with E-state index in [0.29, 0.717) is 13.0 Å². The molecule has 19 heavy (non-hydrogen) atoms. The highest BCUT2D eigenvalue weighted by molar-refractivity contribution is 7.16. The summed E-state index contributed by atoms with van der Waals surface area (Å²) >= 11 is 1.45. The first-order valence-electron chi connectivity index (χ1n) is 5.91. The number of halogens is 1. The Kier molecular flexibility index (Phi) is 3.22. The molecule has 7 heteroatoms. The van der Waals surface area contributed by atoms with Crippen molar-refractivity contribution in [2.45, 2.75) is 19.4 Å². The van der Waals surface area contributed by atoms with Crippen LogP contribution in [0.5, 0.6) is 0 Å². The van der Waals surface area contributed by atoms with Gasteiger partial charge in [0.15, 0.2) is 5.82 Å². The van der Waals surface area contributed by atoms with E-state index in [9.17, 15) is 4.39 Å². The Bertz CT molecular complexity index is 688. The van der Waals surface area contributed by atoms with Crippen molar-refractivity contribution in [3.8, 4) is 0 Å². The average molecular weight is 277 g/mol. The first-order valence-corrected chi connectivity index (χ1v) is 6.72. The number of rotatable bonds is 4. The van der Waals surface area contributed by atoms with Crippen molar-refractivity contribution in [3.63, 3.8) is 0 Å². The maximum atomic E-state index is 12.8. The van der Waals surface area contributed by atoms with Gasteiger partial charge in [0.1, 0.15) is 10.8 Å². The van der Waals surface area contributed by atoms with Gasteiger partial charge in [0.2, 0.25) is 4.96 Å². The zero-order chi connectivity index (χ0) is 13.2. The van der Waals surface area contributed by atoms with E-state index < -0.39 is 0 Å². The number of fused-ring (bicyclic) bond motifs is 1. The molecule has 3 rings (SSSR count). The second kappa shape index (κ2) is 5.02. The summed E-state index contributed by atoms with van der Waals surface area (Å²) in [5.74, 6) is 0.580. The van der Waals surface area contributed by atoms with Gasteiger partial charge in [0, 0.05) is 13.0 Å². The lowest BCUT2D eigenvalue weighted by Crippen LogP contribution is -2.01. The average Bonchev–Trinajstić information content (AvgIpc) is 2.98. The molecule has 1 aromatic carbocycles. The minimum atomic E-state index is -0.222. The van der Waals surface area contributed by atoms with Gasteiger partial charge in [-0.2, -0.15) is 9.61 Å². The van der Waals surface area contributed by atoms with Crippen molar-refractivity contribution < 1.29 is 4.39 Å². The molecular formula is C12H12FN5S. The third-order valence-electron chi connectivity index (χ3n) is 2.82. The first kappa shape index (κ1) is 12.2. The fraction of sp³-hybridized carbons (Fsp3) is 0.250. The van der Waals surface area contributed by atoms with E-state index in [4.69, 9.17) is 5.73 Å². The summed E-state index contributed by atoms with van der Waals surface area (Å²) in [4.78, 5) is 0.759. The summed E-state index contributed by atoms with van der Waals surface area (Å²) in [5.41, 5.74) is 6.62. The maximum Gasteiger partial charge on any atom is 0.234 e. The molecule has 0 spiro atoms. The van der Waals surface area contributed by atoms with Crippen LogP contribution in [0.2, 0.25) is 0 Å². The highest BCUT2D eigenvalue weighted by Gasteiger charge is 2.10. The van der Waals surface area contributed by atoms with Crippen LogP contribution in [-0.4, -0.2) is 19.8 Å². The number of nitrogens with two attached hydrogens (primary N) is 1. The molecule has 0 radical (unpaired) electrons. The molecule has 2 N–H and O–H groups in total. The maximum absolute atomic E-state index is 12.8. The fourth-order valence-electron chi connectivity index (χ4n) is 1.84. The molecule has 0 aliphatic carbocycles. The lowest BCUT2D eigenvalue weighted by Gasteiger charge is -1.99. The topological polar surface area (TPSA) is 69.1 Å².